The minimum atomic E-state index is 0.307. The fraction of sp³-hybridized carbons (Fsp3) is 0.933. The lowest BCUT2D eigenvalue weighted by atomic mass is 9.98. The molecular weight excluding hydrogens is 260 g/mol. The van der Waals surface area contributed by atoms with Crippen LogP contribution in [0.4, 0.5) is 0 Å². The number of amides is 1. The van der Waals surface area contributed by atoms with Crippen molar-refractivity contribution in [2.45, 2.75) is 44.9 Å². The Kier molecular flexibility index (Phi) is 6.45. The number of carbonyl (C=O) groups excluding carboxylic acids is 1. The third-order valence-corrected chi connectivity index (χ3v) is 4.67. The van der Waals surface area contributed by atoms with Crippen LogP contribution in [0.2, 0.25) is 0 Å². The largest absolute Gasteiger partial charge is 0.341 e. The summed E-state index contributed by atoms with van der Waals surface area (Å²) < 4.78 is 0. The summed E-state index contributed by atoms with van der Waals surface area (Å²) in [6.45, 7) is 4.86. The summed E-state index contributed by atoms with van der Waals surface area (Å²) >= 11 is 5.80. The number of hydrogen-bond donors (Lipinski definition) is 0. The van der Waals surface area contributed by atoms with Gasteiger partial charge in [-0.15, -0.1) is 11.6 Å². The fourth-order valence-electron chi connectivity index (χ4n) is 3.32. The third-order valence-electron chi connectivity index (χ3n) is 4.51. The van der Waals surface area contributed by atoms with E-state index in [1.165, 1.54) is 25.7 Å². The van der Waals surface area contributed by atoms with E-state index in [-0.39, 0.29) is 0 Å². The van der Waals surface area contributed by atoms with Gasteiger partial charge in [-0.25, -0.2) is 0 Å². The number of carbonyl (C=O) groups is 1. The summed E-state index contributed by atoms with van der Waals surface area (Å²) in [5.41, 5.74) is 0. The number of halogens is 1. The van der Waals surface area contributed by atoms with Gasteiger partial charge < -0.3 is 9.80 Å². The second-order valence-corrected chi connectivity index (χ2v) is 6.28. The minimum Gasteiger partial charge on any atom is -0.341 e. The van der Waals surface area contributed by atoms with Crippen molar-refractivity contribution in [2.24, 2.45) is 5.92 Å². The Bertz CT molecular complexity index is 277. The Morgan fingerprint density at radius 3 is 2.37 bits per heavy atom. The lowest BCUT2D eigenvalue weighted by Gasteiger charge is -2.25. The van der Waals surface area contributed by atoms with Gasteiger partial charge in [-0.1, -0.05) is 25.7 Å². The van der Waals surface area contributed by atoms with E-state index in [0.29, 0.717) is 17.7 Å². The first-order chi connectivity index (χ1) is 9.31. The Morgan fingerprint density at radius 1 is 0.947 bits per heavy atom. The Labute approximate surface area is 122 Å². The molecule has 0 N–H and O–H groups in total. The maximum absolute atomic E-state index is 12.6. The van der Waals surface area contributed by atoms with E-state index in [0.717, 1.165) is 52.0 Å². The molecule has 1 saturated heterocycles. The third kappa shape index (κ3) is 4.64. The average Bonchev–Trinajstić information content (AvgIpc) is 2.81. The van der Waals surface area contributed by atoms with E-state index in [1.54, 1.807) is 0 Å². The van der Waals surface area contributed by atoms with Crippen molar-refractivity contribution >= 4 is 17.5 Å². The first kappa shape index (κ1) is 15.1. The number of alkyl halides is 1. The molecule has 0 radical (unpaired) electrons. The summed E-state index contributed by atoms with van der Waals surface area (Å²) in [7, 11) is 0. The van der Waals surface area contributed by atoms with Crippen molar-refractivity contribution in [2.75, 3.05) is 38.6 Å². The lowest BCUT2D eigenvalue weighted by molar-refractivity contribution is -0.135. The predicted molar refractivity (Wildman–Crippen MR) is 79.5 cm³/mol. The molecule has 0 atom stereocenters. The highest BCUT2D eigenvalue weighted by atomic mass is 35.5. The first-order valence-corrected chi connectivity index (χ1v) is 8.42. The smallest absolute Gasteiger partial charge is 0.225 e. The zero-order chi connectivity index (χ0) is 13.5. The van der Waals surface area contributed by atoms with Gasteiger partial charge in [0.15, 0.2) is 0 Å². The second-order valence-electron chi connectivity index (χ2n) is 5.90. The van der Waals surface area contributed by atoms with Gasteiger partial charge in [-0.05, 0) is 25.8 Å². The molecule has 1 aliphatic carbocycles. The maximum Gasteiger partial charge on any atom is 0.225 e. The van der Waals surface area contributed by atoms with Crippen LogP contribution in [0.3, 0.4) is 0 Å². The highest BCUT2D eigenvalue weighted by Crippen LogP contribution is 2.25. The Balaban J connectivity index is 1.84. The highest BCUT2D eigenvalue weighted by Gasteiger charge is 2.26. The van der Waals surface area contributed by atoms with Crippen molar-refractivity contribution in [3.8, 4) is 0 Å². The summed E-state index contributed by atoms with van der Waals surface area (Å²) in [5.74, 6) is 1.42. The van der Waals surface area contributed by atoms with Crippen LogP contribution in [0.25, 0.3) is 0 Å². The van der Waals surface area contributed by atoms with Gasteiger partial charge in [0.25, 0.3) is 0 Å². The Hall–Kier alpha value is -0.280. The van der Waals surface area contributed by atoms with Gasteiger partial charge >= 0.3 is 0 Å². The van der Waals surface area contributed by atoms with Gasteiger partial charge in [0.05, 0.1) is 0 Å². The van der Waals surface area contributed by atoms with E-state index in [2.05, 4.69) is 9.80 Å². The molecule has 0 spiro atoms. The molecule has 2 fully saturated rings. The zero-order valence-electron chi connectivity index (χ0n) is 12.0. The van der Waals surface area contributed by atoms with Crippen molar-refractivity contribution in [3.63, 3.8) is 0 Å². The predicted octanol–water partition coefficient (Wildman–Crippen LogP) is 2.73. The van der Waals surface area contributed by atoms with Gasteiger partial charge in [0, 0.05) is 38.0 Å². The molecule has 19 heavy (non-hydrogen) atoms. The maximum atomic E-state index is 12.6. The summed E-state index contributed by atoms with van der Waals surface area (Å²) in [6.07, 6.45) is 8.42. The molecule has 1 saturated carbocycles. The van der Waals surface area contributed by atoms with Crippen LogP contribution in [-0.2, 0) is 4.79 Å². The monoisotopic (exact) mass is 286 g/mol. The molecule has 0 aromatic carbocycles. The minimum absolute atomic E-state index is 0.307. The second kappa shape index (κ2) is 8.11. The number of nitrogens with zero attached hydrogens (tertiary/aromatic N) is 2. The molecule has 3 nitrogen and oxygen atoms in total. The lowest BCUT2D eigenvalue weighted by Crippen LogP contribution is -2.39. The van der Waals surface area contributed by atoms with Crippen LogP contribution < -0.4 is 0 Å². The number of rotatable bonds is 3. The van der Waals surface area contributed by atoms with Crippen molar-refractivity contribution < 1.29 is 4.79 Å². The van der Waals surface area contributed by atoms with Gasteiger partial charge in [0.1, 0.15) is 0 Å². The molecule has 2 rings (SSSR count). The summed E-state index contributed by atoms with van der Waals surface area (Å²) in [4.78, 5) is 17.1. The SMILES string of the molecule is O=C(C1CCCCCC1)N1CCCN(CCCl)CC1. The molecule has 1 heterocycles. The molecule has 4 heteroatoms. The first-order valence-electron chi connectivity index (χ1n) is 7.88. The van der Waals surface area contributed by atoms with Crippen LogP contribution in [0.5, 0.6) is 0 Å². The number of hydrogen-bond acceptors (Lipinski definition) is 2. The van der Waals surface area contributed by atoms with Crippen molar-refractivity contribution in [1.29, 1.82) is 0 Å². The molecule has 0 aromatic rings. The normalized spacial score (nSPS) is 23.9. The summed E-state index contributed by atoms with van der Waals surface area (Å²) in [5, 5.41) is 0. The van der Waals surface area contributed by atoms with Gasteiger partial charge in [0.2, 0.25) is 5.91 Å². The molecule has 1 amide bonds. The van der Waals surface area contributed by atoms with Crippen molar-refractivity contribution in [1.82, 2.24) is 9.80 Å². The van der Waals surface area contributed by atoms with E-state index in [9.17, 15) is 4.79 Å². The van der Waals surface area contributed by atoms with Crippen LogP contribution in [0.1, 0.15) is 44.9 Å². The molecule has 2 aliphatic rings. The average molecular weight is 287 g/mol. The fourth-order valence-corrected chi connectivity index (χ4v) is 3.56. The zero-order valence-corrected chi connectivity index (χ0v) is 12.7. The van der Waals surface area contributed by atoms with Crippen LogP contribution in [-0.4, -0.2) is 54.3 Å². The van der Waals surface area contributed by atoms with E-state index in [1.807, 2.05) is 0 Å². The van der Waals surface area contributed by atoms with E-state index >= 15 is 0 Å². The van der Waals surface area contributed by atoms with Gasteiger partial charge in [-0.2, -0.15) is 0 Å². The van der Waals surface area contributed by atoms with Crippen LogP contribution >= 0.6 is 11.6 Å². The van der Waals surface area contributed by atoms with E-state index < -0.39 is 0 Å². The highest BCUT2D eigenvalue weighted by molar-refractivity contribution is 6.18. The molecular formula is C15H27ClN2O. The molecule has 110 valence electrons. The van der Waals surface area contributed by atoms with E-state index in [4.69, 9.17) is 11.6 Å². The summed E-state index contributed by atoms with van der Waals surface area (Å²) in [6, 6.07) is 0. The molecule has 1 aliphatic heterocycles. The van der Waals surface area contributed by atoms with Crippen molar-refractivity contribution in [3.05, 3.63) is 0 Å². The quantitative estimate of drug-likeness (QED) is 0.588. The molecule has 0 aromatic heterocycles. The Morgan fingerprint density at radius 2 is 1.68 bits per heavy atom. The van der Waals surface area contributed by atoms with Gasteiger partial charge in [-0.3, -0.25) is 4.79 Å². The molecule has 0 unspecified atom stereocenters. The standard InChI is InChI=1S/C15H27ClN2O/c16-8-11-17-9-5-10-18(13-12-17)15(19)14-6-3-1-2-4-7-14/h14H,1-13H2. The van der Waals surface area contributed by atoms with Crippen LogP contribution in [0.15, 0.2) is 0 Å². The topological polar surface area (TPSA) is 23.6 Å². The van der Waals surface area contributed by atoms with Crippen LogP contribution in [0, 0.1) is 5.92 Å². The molecule has 0 bridgehead atoms.